The number of carbonyl (C=O) groups excluding carboxylic acids is 1. The first-order chi connectivity index (χ1) is 13.0. The van der Waals surface area contributed by atoms with Crippen LogP contribution < -0.4 is 10.9 Å². The second kappa shape index (κ2) is 8.60. The van der Waals surface area contributed by atoms with Crippen LogP contribution in [0.2, 0.25) is 0 Å². The average Bonchev–Trinajstić information content (AvgIpc) is 2.66. The molecule has 0 aliphatic rings. The molecule has 0 saturated carbocycles. The van der Waals surface area contributed by atoms with Crippen molar-refractivity contribution < 1.29 is 4.79 Å². The van der Waals surface area contributed by atoms with Gasteiger partial charge >= 0.3 is 0 Å². The lowest BCUT2D eigenvalue weighted by Crippen LogP contribution is -2.27. The van der Waals surface area contributed by atoms with E-state index in [9.17, 15) is 9.59 Å². The summed E-state index contributed by atoms with van der Waals surface area (Å²) in [5.74, 6) is -0.0882. The highest BCUT2D eigenvalue weighted by Crippen LogP contribution is 2.10. The van der Waals surface area contributed by atoms with Gasteiger partial charge in [0.2, 0.25) is 5.91 Å². The third-order valence-electron chi connectivity index (χ3n) is 4.39. The molecule has 0 radical (unpaired) electrons. The molecule has 0 saturated heterocycles. The molecule has 3 aromatic rings. The van der Waals surface area contributed by atoms with Gasteiger partial charge < -0.3 is 10.2 Å². The molecule has 0 spiro atoms. The van der Waals surface area contributed by atoms with Crippen molar-refractivity contribution in [3.8, 4) is 0 Å². The number of rotatable bonds is 7. The topological polar surface area (TPSA) is 67.2 Å². The number of nitrogens with one attached hydrogen (secondary N) is 1. The molecule has 0 atom stereocenters. The molecule has 1 aromatic heterocycles. The van der Waals surface area contributed by atoms with Gasteiger partial charge in [-0.05, 0) is 37.4 Å². The SMILES string of the molecule is CN(C)Cc1ccccc1CNC(=O)CCn1cnc2ccccc2c1=O. The molecule has 0 unspecified atom stereocenters. The number of benzene rings is 2. The Balaban J connectivity index is 1.60. The summed E-state index contributed by atoms with van der Waals surface area (Å²) in [6.45, 7) is 1.61. The molecule has 6 nitrogen and oxygen atoms in total. The first-order valence-corrected chi connectivity index (χ1v) is 8.97. The lowest BCUT2D eigenvalue weighted by molar-refractivity contribution is -0.121. The van der Waals surface area contributed by atoms with E-state index in [2.05, 4.69) is 21.3 Å². The minimum atomic E-state index is -0.121. The minimum Gasteiger partial charge on any atom is -0.352 e. The van der Waals surface area contributed by atoms with E-state index in [4.69, 9.17) is 0 Å². The lowest BCUT2D eigenvalue weighted by atomic mass is 10.1. The van der Waals surface area contributed by atoms with Crippen LogP contribution in [-0.4, -0.2) is 34.5 Å². The molecule has 1 N–H and O–H groups in total. The zero-order valence-electron chi connectivity index (χ0n) is 15.7. The summed E-state index contributed by atoms with van der Waals surface area (Å²) in [4.78, 5) is 31.1. The Labute approximate surface area is 158 Å². The normalized spacial score (nSPS) is 11.1. The van der Waals surface area contributed by atoms with Crippen molar-refractivity contribution in [3.63, 3.8) is 0 Å². The van der Waals surface area contributed by atoms with Crippen LogP contribution in [0.15, 0.2) is 59.7 Å². The monoisotopic (exact) mass is 364 g/mol. The van der Waals surface area contributed by atoms with Gasteiger partial charge in [0.1, 0.15) is 0 Å². The number of aromatic nitrogens is 2. The van der Waals surface area contributed by atoms with E-state index < -0.39 is 0 Å². The summed E-state index contributed by atoms with van der Waals surface area (Å²) in [7, 11) is 4.04. The number of para-hydroxylation sites is 1. The van der Waals surface area contributed by atoms with E-state index in [0.717, 1.165) is 12.1 Å². The van der Waals surface area contributed by atoms with E-state index in [0.29, 0.717) is 24.0 Å². The number of amides is 1. The number of nitrogens with zero attached hydrogens (tertiary/aromatic N) is 3. The van der Waals surface area contributed by atoms with Crippen molar-refractivity contribution in [2.45, 2.75) is 26.1 Å². The molecule has 0 aliphatic carbocycles. The average molecular weight is 364 g/mol. The Kier molecular flexibility index (Phi) is 5.98. The Hall–Kier alpha value is -2.99. The van der Waals surface area contributed by atoms with Crippen LogP contribution in [0.25, 0.3) is 10.9 Å². The second-order valence-corrected chi connectivity index (χ2v) is 6.79. The largest absolute Gasteiger partial charge is 0.352 e. The Morgan fingerprint density at radius 1 is 1.07 bits per heavy atom. The molecule has 1 heterocycles. The predicted octanol–water partition coefficient (Wildman–Crippen LogP) is 2.16. The predicted molar refractivity (Wildman–Crippen MR) is 106 cm³/mol. The molecule has 1 amide bonds. The number of fused-ring (bicyclic) bond motifs is 1. The van der Waals surface area contributed by atoms with Gasteiger partial charge in [-0.2, -0.15) is 0 Å². The van der Waals surface area contributed by atoms with E-state index in [1.807, 2.05) is 44.4 Å². The number of hydrogen-bond acceptors (Lipinski definition) is 4. The van der Waals surface area contributed by atoms with E-state index >= 15 is 0 Å². The molecule has 6 heteroatoms. The first-order valence-electron chi connectivity index (χ1n) is 8.97. The molecule has 0 fully saturated rings. The lowest BCUT2D eigenvalue weighted by Gasteiger charge is -2.14. The van der Waals surface area contributed by atoms with Gasteiger partial charge in [0.25, 0.3) is 5.56 Å². The maximum Gasteiger partial charge on any atom is 0.261 e. The van der Waals surface area contributed by atoms with Crippen LogP contribution >= 0.6 is 0 Å². The quantitative estimate of drug-likeness (QED) is 0.698. The zero-order valence-corrected chi connectivity index (χ0v) is 15.7. The fourth-order valence-corrected chi connectivity index (χ4v) is 2.99. The van der Waals surface area contributed by atoms with Crippen LogP contribution in [0, 0.1) is 0 Å². The molecule has 27 heavy (non-hydrogen) atoms. The van der Waals surface area contributed by atoms with Gasteiger partial charge in [0.15, 0.2) is 0 Å². The van der Waals surface area contributed by atoms with Crippen LogP contribution in [-0.2, 0) is 24.4 Å². The Bertz CT molecular complexity index is 995. The fourth-order valence-electron chi connectivity index (χ4n) is 2.99. The minimum absolute atomic E-state index is 0.0882. The van der Waals surface area contributed by atoms with E-state index in [1.165, 1.54) is 16.5 Å². The third kappa shape index (κ3) is 4.80. The molecule has 140 valence electrons. The molecule has 0 aliphatic heterocycles. The van der Waals surface area contributed by atoms with Gasteiger partial charge in [0, 0.05) is 26.1 Å². The van der Waals surface area contributed by atoms with Gasteiger partial charge in [-0.25, -0.2) is 4.98 Å². The summed E-state index contributed by atoms with van der Waals surface area (Å²) < 4.78 is 1.49. The summed E-state index contributed by atoms with van der Waals surface area (Å²) in [5, 5.41) is 3.51. The van der Waals surface area contributed by atoms with Crippen molar-refractivity contribution in [3.05, 3.63) is 76.3 Å². The van der Waals surface area contributed by atoms with Crippen molar-refractivity contribution in [1.82, 2.24) is 19.8 Å². The number of aryl methyl sites for hydroxylation is 1. The van der Waals surface area contributed by atoms with Crippen LogP contribution in [0.3, 0.4) is 0 Å². The zero-order chi connectivity index (χ0) is 19.2. The van der Waals surface area contributed by atoms with Crippen LogP contribution in [0.4, 0.5) is 0 Å². The van der Waals surface area contributed by atoms with Gasteiger partial charge in [-0.15, -0.1) is 0 Å². The van der Waals surface area contributed by atoms with Crippen molar-refractivity contribution >= 4 is 16.8 Å². The number of hydrogen-bond donors (Lipinski definition) is 1. The van der Waals surface area contributed by atoms with Crippen LogP contribution in [0.1, 0.15) is 17.5 Å². The highest BCUT2D eigenvalue weighted by molar-refractivity contribution is 5.77. The van der Waals surface area contributed by atoms with E-state index in [-0.39, 0.29) is 17.9 Å². The highest BCUT2D eigenvalue weighted by Gasteiger charge is 2.08. The molecule has 3 rings (SSSR count). The molecular weight excluding hydrogens is 340 g/mol. The first kappa shape index (κ1) is 18.8. The van der Waals surface area contributed by atoms with Gasteiger partial charge in [-0.3, -0.25) is 14.2 Å². The number of carbonyl (C=O) groups is 1. The fraction of sp³-hybridized carbons (Fsp3) is 0.286. The van der Waals surface area contributed by atoms with Crippen LogP contribution in [0.5, 0.6) is 0 Å². The maximum absolute atomic E-state index is 12.5. The van der Waals surface area contributed by atoms with Crippen molar-refractivity contribution in [2.24, 2.45) is 0 Å². The molecular formula is C21H24N4O2. The smallest absolute Gasteiger partial charge is 0.261 e. The van der Waals surface area contributed by atoms with Gasteiger partial charge in [0.05, 0.1) is 17.2 Å². The van der Waals surface area contributed by atoms with E-state index in [1.54, 1.807) is 12.1 Å². The Morgan fingerprint density at radius 2 is 1.78 bits per heavy atom. The Morgan fingerprint density at radius 3 is 2.56 bits per heavy atom. The highest BCUT2D eigenvalue weighted by atomic mass is 16.1. The summed E-state index contributed by atoms with van der Waals surface area (Å²) >= 11 is 0. The standard InChI is InChI=1S/C21H24N4O2/c1-24(2)14-17-8-4-3-7-16(17)13-22-20(26)11-12-25-15-23-19-10-6-5-9-18(19)21(25)27/h3-10,15H,11-14H2,1-2H3,(H,22,26). The van der Waals surface area contributed by atoms with Crippen molar-refractivity contribution in [2.75, 3.05) is 14.1 Å². The molecule has 0 bridgehead atoms. The summed E-state index contributed by atoms with van der Waals surface area (Å²) in [6.07, 6.45) is 1.74. The summed E-state index contributed by atoms with van der Waals surface area (Å²) in [6, 6.07) is 15.3. The maximum atomic E-state index is 12.5. The third-order valence-corrected chi connectivity index (χ3v) is 4.39. The van der Waals surface area contributed by atoms with Crippen molar-refractivity contribution in [1.29, 1.82) is 0 Å². The second-order valence-electron chi connectivity index (χ2n) is 6.79. The molecule has 2 aromatic carbocycles. The summed E-state index contributed by atoms with van der Waals surface area (Å²) in [5.41, 5.74) is 2.84. The van der Waals surface area contributed by atoms with Gasteiger partial charge in [-0.1, -0.05) is 36.4 Å².